The number of carbonyl (C=O) groups is 2. The molecule has 12 nitrogen and oxygen atoms in total. The van der Waals surface area contributed by atoms with E-state index in [0.717, 1.165) is 29.9 Å². The largest absolute Gasteiger partial charge is 0.494 e. The fourth-order valence-electron chi connectivity index (χ4n) is 4.63. The molecule has 1 aliphatic rings. The number of carbonyl (C=O) groups excluding carboxylic acids is 2. The summed E-state index contributed by atoms with van der Waals surface area (Å²) in [7, 11) is 7.48. The zero-order valence-electron chi connectivity index (χ0n) is 24.5. The Kier molecular flexibility index (Phi) is 9.24. The predicted molar refractivity (Wildman–Crippen MR) is 167 cm³/mol. The van der Waals surface area contributed by atoms with Crippen LogP contribution in [0.15, 0.2) is 49.2 Å². The van der Waals surface area contributed by atoms with E-state index in [1.54, 1.807) is 18.1 Å². The number of hydrogen-bond donors (Lipinski definition) is 3. The highest BCUT2D eigenvalue weighted by molar-refractivity contribution is 6.02. The lowest BCUT2D eigenvalue weighted by Gasteiger charge is -2.26. The molecule has 0 radical (unpaired) electrons. The predicted octanol–water partition coefficient (Wildman–Crippen LogP) is 4.55. The van der Waals surface area contributed by atoms with Crippen molar-refractivity contribution in [3.05, 3.63) is 66.2 Å². The minimum absolute atomic E-state index is 0.0549. The summed E-state index contributed by atoms with van der Waals surface area (Å²) < 4.78 is 5.69. The lowest BCUT2D eigenvalue weighted by atomic mass is 10.1. The molecule has 3 aromatic rings. The van der Waals surface area contributed by atoms with E-state index in [9.17, 15) is 9.59 Å². The van der Waals surface area contributed by atoms with E-state index in [2.05, 4.69) is 42.2 Å². The van der Waals surface area contributed by atoms with Gasteiger partial charge in [0, 0.05) is 45.9 Å². The Balaban J connectivity index is 1.70. The molecule has 0 bridgehead atoms. The van der Waals surface area contributed by atoms with Gasteiger partial charge >= 0.3 is 0 Å². The van der Waals surface area contributed by atoms with E-state index in [1.165, 1.54) is 19.2 Å². The molecular weight excluding hydrogens is 534 g/mol. The number of para-hydroxylation sites is 1. The Bertz CT molecular complexity index is 1550. The summed E-state index contributed by atoms with van der Waals surface area (Å²) in [5.74, 6) is 0.580. The number of hydrogen-bond acceptors (Lipinski definition) is 9. The maximum absolute atomic E-state index is 12.3. The highest BCUT2D eigenvalue weighted by Gasteiger charge is 2.26. The van der Waals surface area contributed by atoms with Gasteiger partial charge in [0.15, 0.2) is 0 Å². The van der Waals surface area contributed by atoms with Gasteiger partial charge in [0.25, 0.3) is 0 Å². The Morgan fingerprint density at radius 3 is 2.62 bits per heavy atom. The van der Waals surface area contributed by atoms with Crippen LogP contribution in [0.1, 0.15) is 12.5 Å². The Morgan fingerprint density at radius 1 is 1.17 bits per heavy atom. The van der Waals surface area contributed by atoms with Gasteiger partial charge in [-0.15, -0.1) is 0 Å². The first-order chi connectivity index (χ1) is 20.1. The van der Waals surface area contributed by atoms with Gasteiger partial charge in [0.1, 0.15) is 11.6 Å². The van der Waals surface area contributed by atoms with Gasteiger partial charge in [-0.25, -0.2) is 14.8 Å². The highest BCUT2D eigenvalue weighted by atomic mass is 16.5. The van der Waals surface area contributed by atoms with Crippen LogP contribution in [0.2, 0.25) is 0 Å². The summed E-state index contributed by atoms with van der Waals surface area (Å²) >= 11 is 0. The fraction of sp³-hybridized carbons (Fsp3) is 0.300. The van der Waals surface area contributed by atoms with Crippen LogP contribution in [-0.4, -0.2) is 74.6 Å². The molecule has 0 atom stereocenters. The second-order valence-corrected chi connectivity index (χ2v) is 10.0. The number of rotatable bonds is 11. The third-order valence-corrected chi connectivity index (χ3v) is 6.82. The summed E-state index contributed by atoms with van der Waals surface area (Å²) in [5, 5.41) is 9.29. The Morgan fingerprint density at radius 2 is 1.95 bits per heavy atom. The summed E-state index contributed by atoms with van der Waals surface area (Å²) in [6.45, 7) is 14.9. The molecule has 42 heavy (non-hydrogen) atoms. The average Bonchev–Trinajstić information content (AvgIpc) is 3.42. The van der Waals surface area contributed by atoms with Crippen LogP contribution in [-0.2, 0) is 16.0 Å². The molecule has 2 amide bonds. The van der Waals surface area contributed by atoms with Crippen molar-refractivity contribution >= 4 is 57.7 Å². The first-order valence-electron chi connectivity index (χ1n) is 13.3. The monoisotopic (exact) mass is 569 g/mol. The molecule has 1 aliphatic heterocycles. The Hall–Kier alpha value is -5.15. The second kappa shape index (κ2) is 13.0. The van der Waals surface area contributed by atoms with Gasteiger partial charge in [0.2, 0.25) is 23.5 Å². The number of ether oxygens (including phenoxy) is 1. The number of amides is 2. The quantitative estimate of drug-likeness (QED) is 0.226. The summed E-state index contributed by atoms with van der Waals surface area (Å²) in [4.78, 5) is 42.9. The Labute approximate surface area is 245 Å². The molecule has 12 heteroatoms. The minimum atomic E-state index is -0.354. The third kappa shape index (κ3) is 6.59. The van der Waals surface area contributed by atoms with E-state index < -0.39 is 0 Å². The minimum Gasteiger partial charge on any atom is -0.494 e. The van der Waals surface area contributed by atoms with Crippen molar-refractivity contribution in [1.82, 2.24) is 14.9 Å². The van der Waals surface area contributed by atoms with Crippen LogP contribution in [0, 0.1) is 6.57 Å². The summed E-state index contributed by atoms with van der Waals surface area (Å²) in [6.07, 6.45) is 3.38. The van der Waals surface area contributed by atoms with Gasteiger partial charge < -0.3 is 35.4 Å². The van der Waals surface area contributed by atoms with Crippen LogP contribution < -0.4 is 30.5 Å². The van der Waals surface area contributed by atoms with Crippen molar-refractivity contribution in [2.24, 2.45) is 0 Å². The van der Waals surface area contributed by atoms with Crippen LogP contribution in [0.25, 0.3) is 4.85 Å². The van der Waals surface area contributed by atoms with Crippen molar-refractivity contribution in [3.8, 4) is 5.75 Å². The topological polar surface area (TPSA) is 119 Å². The summed E-state index contributed by atoms with van der Waals surface area (Å²) in [5.41, 5.74) is 4.53. The van der Waals surface area contributed by atoms with Crippen molar-refractivity contribution in [2.45, 2.75) is 13.3 Å². The van der Waals surface area contributed by atoms with Gasteiger partial charge in [-0.2, -0.15) is 0 Å². The van der Waals surface area contributed by atoms with E-state index in [4.69, 9.17) is 11.3 Å². The number of aromatic nitrogens is 2. The maximum atomic E-state index is 12.3. The molecule has 2 heterocycles. The number of methoxy groups -OCH3 is 1. The van der Waals surface area contributed by atoms with E-state index in [1.807, 2.05) is 50.3 Å². The average molecular weight is 570 g/mol. The molecule has 3 N–H and O–H groups in total. The lowest BCUT2D eigenvalue weighted by Crippen LogP contribution is -2.29. The van der Waals surface area contributed by atoms with Gasteiger partial charge in [0.05, 0.1) is 42.1 Å². The molecule has 4 rings (SSSR count). The van der Waals surface area contributed by atoms with Gasteiger partial charge in [-0.3, -0.25) is 9.59 Å². The number of nitrogens with zero attached hydrogens (tertiary/aromatic N) is 6. The number of benzene rings is 2. The van der Waals surface area contributed by atoms with Crippen LogP contribution in [0.3, 0.4) is 0 Å². The number of likely N-dealkylation sites (N-methyl/N-ethyl adjacent to an activating group) is 2. The smallest absolute Gasteiger partial charge is 0.247 e. The SMILES string of the molecule is [C-]#[N+]c1cnc(Nc2cc(NC(=O)C=C)c(N(C)CCN(C)C)cc2OC)nc1Nc1cccc2c1N(C(C)=O)CC2. The number of fused-ring (bicyclic) bond motifs is 1. The zero-order chi connectivity index (χ0) is 30.4. The van der Waals surface area contributed by atoms with E-state index in [-0.39, 0.29) is 29.3 Å². The zero-order valence-corrected chi connectivity index (χ0v) is 24.5. The molecule has 218 valence electrons. The second-order valence-electron chi connectivity index (χ2n) is 10.0. The lowest BCUT2D eigenvalue weighted by molar-refractivity contribution is -0.116. The van der Waals surface area contributed by atoms with Crippen molar-refractivity contribution in [2.75, 3.05) is 73.6 Å². The molecule has 2 aromatic carbocycles. The molecule has 0 saturated carbocycles. The normalized spacial score (nSPS) is 11.9. The van der Waals surface area contributed by atoms with Crippen LogP contribution in [0.4, 0.5) is 45.9 Å². The molecule has 0 spiro atoms. The molecule has 0 saturated heterocycles. The van der Waals surface area contributed by atoms with Gasteiger partial charge in [-0.1, -0.05) is 18.7 Å². The molecular formula is C30H35N9O3. The van der Waals surface area contributed by atoms with Crippen molar-refractivity contribution in [1.29, 1.82) is 0 Å². The number of nitrogens with one attached hydrogen (secondary N) is 3. The molecule has 0 fully saturated rings. The standard InChI is InChI=1S/C30H35N9O3/c1-8-27(41)33-22-16-23(26(42-7)17-25(22)38(6)15-14-37(4)5)35-30-32-18-24(31-3)29(36-30)34-21-11-9-10-20-12-13-39(19(2)40)28(20)21/h8-11,16-18H,1,12-15H2,2,4-7H3,(H,33,41)(H2,32,34,35,36). The summed E-state index contributed by atoms with van der Waals surface area (Å²) in [6, 6.07) is 9.32. The molecule has 1 aromatic heterocycles. The first kappa shape index (κ1) is 29.8. The molecule has 0 unspecified atom stereocenters. The van der Waals surface area contributed by atoms with Crippen molar-refractivity contribution < 1.29 is 14.3 Å². The molecule has 0 aliphatic carbocycles. The fourth-order valence-corrected chi connectivity index (χ4v) is 4.63. The van der Waals surface area contributed by atoms with Crippen LogP contribution >= 0.6 is 0 Å². The van der Waals surface area contributed by atoms with Crippen molar-refractivity contribution in [3.63, 3.8) is 0 Å². The maximum Gasteiger partial charge on any atom is 0.247 e. The third-order valence-electron chi connectivity index (χ3n) is 6.82. The number of anilines is 7. The van der Waals surface area contributed by atoms with Gasteiger partial charge in [-0.05, 0) is 44.3 Å². The first-order valence-corrected chi connectivity index (χ1v) is 13.3. The van der Waals surface area contributed by atoms with Crippen LogP contribution in [0.5, 0.6) is 5.75 Å². The van der Waals surface area contributed by atoms with E-state index >= 15 is 0 Å². The highest BCUT2D eigenvalue weighted by Crippen LogP contribution is 2.40. The van der Waals surface area contributed by atoms with E-state index in [0.29, 0.717) is 35.9 Å².